The average molecular weight is 366 g/mol. The SMILES string of the molecule is [Cu+2].[O-2].[O-2].[O-2].[O-2].[U+6]. The summed E-state index contributed by atoms with van der Waals surface area (Å²) in [5.41, 5.74) is 0. The van der Waals surface area contributed by atoms with Crippen molar-refractivity contribution in [3.63, 3.8) is 0 Å². The Morgan fingerprint density at radius 2 is 0.500 bits per heavy atom. The maximum absolute atomic E-state index is 0. The van der Waals surface area contributed by atoms with Crippen LogP contribution >= 0.6 is 0 Å². The molecular formula is CuO4U. The van der Waals surface area contributed by atoms with E-state index in [1.165, 1.54) is 0 Å². The molecule has 0 rings (SSSR count). The molecule has 0 spiro atoms. The van der Waals surface area contributed by atoms with Crippen molar-refractivity contribution >= 4 is 0 Å². The van der Waals surface area contributed by atoms with Crippen molar-refractivity contribution in [2.24, 2.45) is 0 Å². The molecule has 1 radical (unpaired) electrons. The van der Waals surface area contributed by atoms with E-state index in [4.69, 9.17) is 0 Å². The molecule has 0 heterocycles. The van der Waals surface area contributed by atoms with Crippen LogP contribution in [0.5, 0.6) is 0 Å². The average Bonchev–Trinajstić information content (AvgIpc) is 0. The van der Waals surface area contributed by atoms with Crippen LogP contribution in [0.4, 0.5) is 0 Å². The van der Waals surface area contributed by atoms with Crippen molar-refractivity contribution in [1.29, 1.82) is 0 Å². The van der Waals surface area contributed by atoms with Gasteiger partial charge in [0.05, 0.1) is 0 Å². The predicted molar refractivity (Wildman–Crippen MR) is 2.75 cm³/mol. The Labute approximate surface area is 69.8 Å². The van der Waals surface area contributed by atoms with Crippen LogP contribution in [0.25, 0.3) is 0 Å². The van der Waals surface area contributed by atoms with Gasteiger partial charge in [-0.2, -0.15) is 0 Å². The fourth-order valence-electron chi connectivity index (χ4n) is 0. The third-order valence-electron chi connectivity index (χ3n) is 0. The molecule has 39 valence electrons. The zero-order valence-corrected chi connectivity index (χ0v) is 7.54. The minimum atomic E-state index is 0. The smallest absolute Gasteiger partial charge is 2.00 e. The molecule has 0 fully saturated rings. The van der Waals surface area contributed by atoms with Crippen LogP contribution in [0.15, 0.2) is 0 Å². The maximum atomic E-state index is 0. The van der Waals surface area contributed by atoms with Gasteiger partial charge < -0.3 is 21.9 Å². The van der Waals surface area contributed by atoms with E-state index >= 15 is 0 Å². The summed E-state index contributed by atoms with van der Waals surface area (Å²) in [7, 11) is 0. The van der Waals surface area contributed by atoms with E-state index in [0.717, 1.165) is 0 Å². The van der Waals surface area contributed by atoms with E-state index in [1.807, 2.05) is 0 Å². The van der Waals surface area contributed by atoms with Crippen LogP contribution < -0.4 is 0 Å². The summed E-state index contributed by atoms with van der Waals surface area (Å²) in [6.45, 7) is 0. The largest absolute Gasteiger partial charge is 6.00 e. The molecule has 0 aromatic heterocycles. The van der Waals surface area contributed by atoms with Gasteiger partial charge in [-0.15, -0.1) is 0 Å². The maximum Gasteiger partial charge on any atom is 6.00 e. The molecule has 0 atom stereocenters. The fourth-order valence-corrected chi connectivity index (χ4v) is 0. The molecule has 6 heteroatoms. The monoisotopic (exact) mass is 365 g/mol. The van der Waals surface area contributed by atoms with Gasteiger partial charge in [-0.1, -0.05) is 0 Å². The Bertz CT molecular complexity index is 7.51. The second kappa shape index (κ2) is 94.2. The minimum absolute atomic E-state index is 0. The predicted octanol–water partition coefficient (Wildman–Crippen LogP) is -0.478. The van der Waals surface area contributed by atoms with Crippen molar-refractivity contribution in [3.8, 4) is 0 Å². The Kier molecular flexibility index (Phi) is 2400. The van der Waals surface area contributed by atoms with Crippen LogP contribution in [0.2, 0.25) is 0 Å². The van der Waals surface area contributed by atoms with Crippen LogP contribution in [-0.2, 0) is 39.0 Å². The Morgan fingerprint density at radius 3 is 0.500 bits per heavy atom. The molecule has 0 aliphatic carbocycles. The van der Waals surface area contributed by atoms with Gasteiger partial charge in [0.25, 0.3) is 0 Å². The van der Waals surface area contributed by atoms with E-state index < -0.39 is 0 Å². The summed E-state index contributed by atoms with van der Waals surface area (Å²) in [6, 6.07) is 0. The summed E-state index contributed by atoms with van der Waals surface area (Å²) in [5.74, 6) is 0. The van der Waals surface area contributed by atoms with Crippen LogP contribution in [0.1, 0.15) is 0 Å². The van der Waals surface area contributed by atoms with Gasteiger partial charge in [-0.25, -0.2) is 0 Å². The molecule has 0 aromatic rings. The number of hydrogen-bond acceptors (Lipinski definition) is 0. The topological polar surface area (TPSA) is 114 Å². The molecule has 0 saturated heterocycles. The van der Waals surface area contributed by atoms with Gasteiger partial charge in [0.2, 0.25) is 0 Å². The van der Waals surface area contributed by atoms with Crippen molar-refractivity contribution in [2.45, 2.75) is 0 Å². The van der Waals surface area contributed by atoms with Gasteiger partial charge in [-0.3, -0.25) is 0 Å². The van der Waals surface area contributed by atoms with Crippen LogP contribution in [-0.4, -0.2) is 0 Å². The van der Waals surface area contributed by atoms with E-state index in [9.17, 15) is 0 Å². The molecule has 0 amide bonds. The van der Waals surface area contributed by atoms with Gasteiger partial charge >= 0.3 is 48.2 Å². The molecule has 0 aliphatic heterocycles. The molecular weight excluding hydrogens is 366 g/mol. The second-order valence-corrected chi connectivity index (χ2v) is 0. The standard InChI is InChI=1S/Cu.4O.U/q+2;4*-2;+6. The molecule has 4 nitrogen and oxygen atoms in total. The molecule has 0 aliphatic rings. The molecule has 0 aromatic carbocycles. The van der Waals surface area contributed by atoms with E-state index in [2.05, 4.69) is 0 Å². The van der Waals surface area contributed by atoms with Crippen molar-refractivity contribution < 1.29 is 70.1 Å². The Balaban J connectivity index is 0. The second-order valence-electron chi connectivity index (χ2n) is 0. The summed E-state index contributed by atoms with van der Waals surface area (Å²) in [6.07, 6.45) is 0. The molecule has 0 bridgehead atoms. The van der Waals surface area contributed by atoms with E-state index in [-0.39, 0.29) is 70.1 Å². The van der Waals surface area contributed by atoms with E-state index in [0.29, 0.717) is 0 Å². The van der Waals surface area contributed by atoms with Crippen molar-refractivity contribution in [1.82, 2.24) is 0 Å². The zero-order chi connectivity index (χ0) is 0. The van der Waals surface area contributed by atoms with Gasteiger partial charge in [0, 0.05) is 0 Å². The third-order valence-corrected chi connectivity index (χ3v) is 0. The van der Waals surface area contributed by atoms with Crippen molar-refractivity contribution in [2.75, 3.05) is 0 Å². The summed E-state index contributed by atoms with van der Waals surface area (Å²) in [5, 5.41) is 0. The number of rotatable bonds is 0. The normalized spacial score (nSPS) is 0. The summed E-state index contributed by atoms with van der Waals surface area (Å²) < 4.78 is 0. The minimum Gasteiger partial charge on any atom is -2.00 e. The molecule has 6 heavy (non-hydrogen) atoms. The molecule has 0 N–H and O–H groups in total. The Morgan fingerprint density at radius 1 is 0.500 bits per heavy atom. The molecule has 0 unspecified atom stereocenters. The quantitative estimate of drug-likeness (QED) is 0.516. The van der Waals surface area contributed by atoms with E-state index in [1.54, 1.807) is 0 Å². The third kappa shape index (κ3) is 52.9. The van der Waals surface area contributed by atoms with Crippen LogP contribution in [0.3, 0.4) is 0 Å². The number of hydrogen-bond donors (Lipinski definition) is 0. The molecule has 0 saturated carbocycles. The van der Waals surface area contributed by atoms with Gasteiger partial charge in [-0.05, 0) is 0 Å². The van der Waals surface area contributed by atoms with Gasteiger partial charge in [0.1, 0.15) is 0 Å². The first-order valence-corrected chi connectivity index (χ1v) is 0. The first kappa shape index (κ1) is 153. The zero-order valence-electron chi connectivity index (χ0n) is 2.43. The van der Waals surface area contributed by atoms with Crippen molar-refractivity contribution in [3.05, 3.63) is 0 Å². The summed E-state index contributed by atoms with van der Waals surface area (Å²) >= 11 is 0. The van der Waals surface area contributed by atoms with Crippen LogP contribution in [0, 0.1) is 31.1 Å². The van der Waals surface area contributed by atoms with Gasteiger partial charge in [0.15, 0.2) is 0 Å². The first-order chi connectivity index (χ1) is 0. The Hall–Kier alpha value is 1.41. The fraction of sp³-hybridized carbons (Fsp3) is 0. The first-order valence-electron chi connectivity index (χ1n) is 0. The summed E-state index contributed by atoms with van der Waals surface area (Å²) in [4.78, 5) is 0.